The monoisotopic (exact) mass is 447 g/mol. The average molecular weight is 448 g/mol. The SMILES string of the molecule is C/C=C/C(=C=C/C=C(\C)C(=O)N/C(C)=C/C)NS(=O)(=O)C1=CCC(C)(C(=O)NO)C=C1. The van der Waals surface area contributed by atoms with Crippen molar-refractivity contribution in [2.75, 3.05) is 0 Å². The van der Waals surface area contributed by atoms with Crippen molar-refractivity contribution in [2.24, 2.45) is 5.41 Å². The van der Waals surface area contributed by atoms with Crippen molar-refractivity contribution in [3.05, 3.63) is 76.2 Å². The summed E-state index contributed by atoms with van der Waals surface area (Å²) >= 11 is 0. The maximum atomic E-state index is 12.7. The van der Waals surface area contributed by atoms with Crippen LogP contribution in [-0.2, 0) is 19.6 Å². The van der Waals surface area contributed by atoms with Crippen molar-refractivity contribution >= 4 is 21.8 Å². The van der Waals surface area contributed by atoms with Crippen molar-refractivity contribution in [1.82, 2.24) is 15.5 Å². The molecule has 0 aromatic rings. The summed E-state index contributed by atoms with van der Waals surface area (Å²) in [5.74, 6) is -0.896. The van der Waals surface area contributed by atoms with Crippen LogP contribution < -0.4 is 15.5 Å². The van der Waals surface area contributed by atoms with Gasteiger partial charge in [-0.05, 0) is 65.3 Å². The lowest BCUT2D eigenvalue weighted by molar-refractivity contribution is -0.136. The minimum absolute atomic E-state index is 0.00699. The second kappa shape index (κ2) is 11.3. The molecule has 0 spiro atoms. The number of nitrogens with one attached hydrogen (secondary N) is 3. The average Bonchev–Trinajstić information content (AvgIpc) is 2.72. The Kier molecular flexibility index (Phi) is 9.45. The van der Waals surface area contributed by atoms with E-state index in [1.54, 1.807) is 45.3 Å². The Bertz CT molecular complexity index is 1040. The number of sulfonamides is 1. The first kappa shape index (κ1) is 25.9. The predicted molar refractivity (Wildman–Crippen MR) is 120 cm³/mol. The number of amides is 2. The summed E-state index contributed by atoms with van der Waals surface area (Å²) in [6.07, 6.45) is 12.2. The van der Waals surface area contributed by atoms with Crippen LogP contribution in [0.1, 0.15) is 41.0 Å². The van der Waals surface area contributed by atoms with E-state index in [4.69, 9.17) is 5.21 Å². The van der Waals surface area contributed by atoms with Crippen LogP contribution in [-0.4, -0.2) is 25.4 Å². The van der Waals surface area contributed by atoms with Crippen molar-refractivity contribution in [1.29, 1.82) is 0 Å². The summed E-state index contributed by atoms with van der Waals surface area (Å²) in [6, 6.07) is 0. The summed E-state index contributed by atoms with van der Waals surface area (Å²) in [5, 5.41) is 11.5. The molecule has 31 heavy (non-hydrogen) atoms. The molecule has 0 saturated carbocycles. The molecule has 9 heteroatoms. The minimum Gasteiger partial charge on any atom is -0.327 e. The Morgan fingerprint density at radius 1 is 1.26 bits per heavy atom. The second-order valence-electron chi connectivity index (χ2n) is 7.11. The third kappa shape index (κ3) is 7.57. The largest absolute Gasteiger partial charge is 0.327 e. The molecule has 0 bridgehead atoms. The molecule has 1 aliphatic carbocycles. The first-order chi connectivity index (χ1) is 14.5. The molecule has 0 aromatic heterocycles. The lowest BCUT2D eigenvalue weighted by atomic mass is 9.83. The van der Waals surface area contributed by atoms with Crippen LogP contribution in [0.4, 0.5) is 0 Å². The number of hydrogen-bond acceptors (Lipinski definition) is 5. The molecule has 0 heterocycles. The molecule has 0 aromatic carbocycles. The summed E-state index contributed by atoms with van der Waals surface area (Å²) in [5.41, 5.74) is 4.68. The Morgan fingerprint density at radius 3 is 2.45 bits per heavy atom. The maximum Gasteiger partial charge on any atom is 0.262 e. The van der Waals surface area contributed by atoms with Crippen molar-refractivity contribution < 1.29 is 23.2 Å². The van der Waals surface area contributed by atoms with Crippen LogP contribution >= 0.6 is 0 Å². The van der Waals surface area contributed by atoms with Crippen LogP contribution in [0.5, 0.6) is 0 Å². The second-order valence-corrected chi connectivity index (χ2v) is 8.79. The zero-order chi connectivity index (χ0) is 23.7. The van der Waals surface area contributed by atoms with E-state index in [9.17, 15) is 18.0 Å². The maximum absolute atomic E-state index is 12.7. The molecule has 1 atom stereocenters. The Hall–Kier alpha value is -3.13. The molecule has 4 N–H and O–H groups in total. The number of carbonyl (C=O) groups is 2. The lowest BCUT2D eigenvalue weighted by Gasteiger charge is -2.25. The highest BCUT2D eigenvalue weighted by Gasteiger charge is 2.33. The Labute approximate surface area is 183 Å². The first-order valence-corrected chi connectivity index (χ1v) is 11.0. The van der Waals surface area contributed by atoms with Gasteiger partial charge in [0.2, 0.25) is 0 Å². The standard InChI is InChI=1S/C22H29N3O5S/c1-6-9-18(11-8-10-16(3)20(26)23-17(4)7-2)25-31(29,30)19-12-14-22(5,15-13-19)21(27)24-28/h6-10,12-14,25,28H,15H2,1-5H3,(H,23,26)(H,24,27)/b9-6+,16-10+,17-7+. The van der Waals surface area contributed by atoms with E-state index in [1.165, 1.54) is 36.5 Å². The zero-order valence-corrected chi connectivity index (χ0v) is 19.1. The molecule has 2 amide bonds. The van der Waals surface area contributed by atoms with Crippen molar-refractivity contribution in [3.63, 3.8) is 0 Å². The molecule has 0 aliphatic heterocycles. The van der Waals surface area contributed by atoms with E-state index < -0.39 is 21.3 Å². The molecular formula is C22H29N3O5S. The third-order valence-corrected chi connectivity index (χ3v) is 5.94. The highest BCUT2D eigenvalue weighted by molar-refractivity contribution is 7.93. The summed E-state index contributed by atoms with van der Waals surface area (Å²) in [7, 11) is -3.92. The molecule has 0 fully saturated rings. The van der Waals surface area contributed by atoms with Crippen molar-refractivity contribution in [2.45, 2.75) is 41.0 Å². The van der Waals surface area contributed by atoms with Gasteiger partial charge in [-0.3, -0.25) is 19.5 Å². The van der Waals surface area contributed by atoms with Crippen LogP contribution in [0.2, 0.25) is 0 Å². The van der Waals surface area contributed by atoms with E-state index in [0.29, 0.717) is 5.57 Å². The van der Waals surface area contributed by atoms with Gasteiger partial charge in [0.05, 0.1) is 16.0 Å². The molecule has 168 valence electrons. The highest BCUT2D eigenvalue weighted by Crippen LogP contribution is 2.31. The Balaban J connectivity index is 3.06. The molecule has 0 saturated heterocycles. The number of rotatable bonds is 8. The molecule has 1 rings (SSSR count). The molecule has 8 nitrogen and oxygen atoms in total. The van der Waals surface area contributed by atoms with Gasteiger partial charge in [-0.1, -0.05) is 30.0 Å². The van der Waals surface area contributed by atoms with Gasteiger partial charge in [0.1, 0.15) is 0 Å². The summed E-state index contributed by atoms with van der Waals surface area (Å²) in [4.78, 5) is 23.7. The van der Waals surface area contributed by atoms with Crippen LogP contribution in [0.3, 0.4) is 0 Å². The van der Waals surface area contributed by atoms with Crippen LogP contribution in [0.25, 0.3) is 0 Å². The number of hydroxylamine groups is 1. The van der Waals surface area contributed by atoms with Gasteiger partial charge in [0, 0.05) is 11.3 Å². The minimum atomic E-state index is -3.92. The lowest BCUT2D eigenvalue weighted by Crippen LogP contribution is -2.37. The molecular weight excluding hydrogens is 418 g/mol. The highest BCUT2D eigenvalue weighted by atomic mass is 32.2. The number of hydrogen-bond donors (Lipinski definition) is 4. The summed E-state index contributed by atoms with van der Waals surface area (Å²) in [6.45, 7) is 8.52. The van der Waals surface area contributed by atoms with E-state index in [2.05, 4.69) is 15.8 Å². The third-order valence-electron chi connectivity index (χ3n) is 4.52. The first-order valence-electron chi connectivity index (χ1n) is 9.56. The fraction of sp³-hybridized carbons (Fsp3) is 0.318. The van der Waals surface area contributed by atoms with Gasteiger partial charge in [-0.15, -0.1) is 0 Å². The molecule has 0 radical (unpaired) electrons. The smallest absolute Gasteiger partial charge is 0.262 e. The van der Waals surface area contributed by atoms with Crippen LogP contribution in [0, 0.1) is 5.41 Å². The van der Waals surface area contributed by atoms with E-state index >= 15 is 0 Å². The quantitative estimate of drug-likeness (QED) is 0.150. The fourth-order valence-corrected chi connectivity index (χ4v) is 3.46. The van der Waals surface area contributed by atoms with E-state index in [1.807, 2.05) is 6.92 Å². The number of allylic oxidation sites excluding steroid dienone is 7. The Morgan fingerprint density at radius 2 is 1.94 bits per heavy atom. The van der Waals surface area contributed by atoms with Gasteiger partial charge in [0.25, 0.3) is 21.8 Å². The van der Waals surface area contributed by atoms with Gasteiger partial charge < -0.3 is 5.32 Å². The van der Waals surface area contributed by atoms with E-state index in [0.717, 1.165) is 5.70 Å². The van der Waals surface area contributed by atoms with Crippen molar-refractivity contribution in [3.8, 4) is 0 Å². The summed E-state index contributed by atoms with van der Waals surface area (Å²) < 4.78 is 27.8. The van der Waals surface area contributed by atoms with Gasteiger partial charge in [-0.2, -0.15) is 0 Å². The predicted octanol–water partition coefficient (Wildman–Crippen LogP) is 2.86. The zero-order valence-electron chi connectivity index (χ0n) is 18.3. The van der Waals surface area contributed by atoms with E-state index in [-0.39, 0.29) is 22.9 Å². The molecule has 1 aliphatic rings. The normalized spacial score (nSPS) is 19.4. The fourth-order valence-electron chi connectivity index (χ4n) is 2.37. The van der Waals surface area contributed by atoms with Gasteiger partial charge in [0.15, 0.2) is 0 Å². The topological polar surface area (TPSA) is 125 Å². The van der Waals surface area contributed by atoms with Crippen LogP contribution in [0.15, 0.2) is 76.2 Å². The van der Waals surface area contributed by atoms with Gasteiger partial charge >= 0.3 is 0 Å². The van der Waals surface area contributed by atoms with Gasteiger partial charge in [-0.25, -0.2) is 13.9 Å². The number of carbonyl (C=O) groups excluding carboxylic acids is 2. The molecule has 1 unspecified atom stereocenters.